The van der Waals surface area contributed by atoms with Crippen LogP contribution in [0.1, 0.15) is 11.1 Å². The van der Waals surface area contributed by atoms with Gasteiger partial charge in [0.25, 0.3) is 23.6 Å². The number of rotatable bonds is 30. The number of anilines is 2. The first-order valence-corrected chi connectivity index (χ1v) is 28.6. The number of ether oxygens (including phenoxy) is 8. The van der Waals surface area contributed by atoms with E-state index < -0.39 is 83.6 Å². The predicted octanol–water partition coefficient (Wildman–Crippen LogP) is 11.0. The van der Waals surface area contributed by atoms with Crippen molar-refractivity contribution in [1.82, 2.24) is 0 Å². The van der Waals surface area contributed by atoms with Gasteiger partial charge in [-0.05, 0) is 105 Å². The average Bonchev–Trinajstić information content (AvgIpc) is 1.93. The molecule has 85 heavy (non-hydrogen) atoms. The minimum Gasteiger partial charge on any atom is -0.491 e. The molecule has 0 spiro atoms. The molecule has 0 aliphatic carbocycles. The maximum atomic E-state index is 14.3. The van der Waals surface area contributed by atoms with E-state index in [0.29, 0.717) is 25.7 Å². The highest BCUT2D eigenvalue weighted by Crippen LogP contribution is 2.47. The Morgan fingerprint density at radius 3 is 1.06 bits per heavy atom. The van der Waals surface area contributed by atoms with Crippen LogP contribution in [0, 0.1) is 0 Å². The number of benzene rings is 5. The van der Waals surface area contributed by atoms with Gasteiger partial charge in [-0.25, -0.2) is 19.4 Å². The van der Waals surface area contributed by atoms with Gasteiger partial charge in [0.2, 0.25) is 0 Å². The zero-order chi connectivity index (χ0) is 61.9. The van der Waals surface area contributed by atoms with Crippen LogP contribution < -0.4 is 19.3 Å². The Balaban J connectivity index is 0.000000288. The van der Waals surface area contributed by atoms with E-state index in [2.05, 4.69) is 44.5 Å². The lowest BCUT2D eigenvalue weighted by Gasteiger charge is -2.21. The van der Waals surface area contributed by atoms with Gasteiger partial charge in [0, 0.05) is 14.7 Å². The quantitative estimate of drug-likeness (QED) is 0.0168. The van der Waals surface area contributed by atoms with Gasteiger partial charge in [-0.2, -0.15) is 26.3 Å². The van der Waals surface area contributed by atoms with E-state index >= 15 is 0 Å². The van der Waals surface area contributed by atoms with Crippen LogP contribution in [0.15, 0.2) is 161 Å². The molecule has 4 amide bonds. The number of hydrogen-bond acceptors (Lipinski definition) is 17. The highest BCUT2D eigenvalue weighted by Gasteiger charge is 2.46. The summed E-state index contributed by atoms with van der Waals surface area (Å²) in [6.45, 7) is 0.511. The Labute approximate surface area is 513 Å². The number of alkyl halides is 6. The van der Waals surface area contributed by atoms with Gasteiger partial charge in [-0.3, -0.25) is 19.2 Å². The molecule has 7 rings (SSSR count). The van der Waals surface area contributed by atoms with Gasteiger partial charge < -0.3 is 48.1 Å². The number of hydrogen-bond donors (Lipinski definition) is 3. The van der Waals surface area contributed by atoms with Gasteiger partial charge >= 0.3 is 24.3 Å². The number of halogens is 8. The molecule has 2 heterocycles. The Kier molecular flexibility index (Phi) is 29.0. The van der Waals surface area contributed by atoms with E-state index in [-0.39, 0.29) is 110 Å². The third kappa shape index (κ3) is 22.8. The van der Waals surface area contributed by atoms with Gasteiger partial charge in [-0.15, -0.1) is 12.6 Å². The summed E-state index contributed by atoms with van der Waals surface area (Å²) < 4.78 is 125. The SMILES string of the molecule is O=C(O)COCCOCCOCCOc1ccc(N2C(=O)C(Br)=C(Br)C2=O)c(C(F)(F)F)c1.O=C(O)COCCOCCOCCOc1ccc(N2C(=O)C(Sc3ccccc3)=C(Sc3ccccc3)C2=O)c(C(F)(F)F)c1.Sc1ccccc1. The van der Waals surface area contributed by atoms with Crippen molar-refractivity contribution >= 4 is 115 Å². The molecule has 2 N–H and O–H groups in total. The standard InChI is InChI=1S/C31H28F3NO8S2.C19H18Br2F3NO8.C6H6S/c32-31(33,34)24-19-21(43-18-17-41-14-13-40-15-16-42-20-26(36)37)11-12-25(24)35-29(38)27(44-22-7-3-1-4-8-22)28(30(35)39)45-23-9-5-2-6-10-23;20-15-16(21)18(29)25(17(15)28)13-2-1-11(9-12(13)19(22,23)24)33-8-7-31-4-3-30-5-6-32-10-14(26)27;7-6-4-2-1-3-5-6/h1-12,19H,13-18,20H2,(H,36,37);1-2,9H,3-8,10H2,(H,26,27);1-5,7H. The molecule has 0 aromatic heterocycles. The molecule has 2 aliphatic rings. The summed E-state index contributed by atoms with van der Waals surface area (Å²) in [7, 11) is 0. The molecule has 0 fully saturated rings. The summed E-state index contributed by atoms with van der Waals surface area (Å²) in [6.07, 6.45) is -9.75. The third-order valence-electron chi connectivity index (χ3n) is 10.6. The summed E-state index contributed by atoms with van der Waals surface area (Å²) in [5.74, 6) is -5.94. The van der Waals surface area contributed by atoms with Crippen LogP contribution in [0.5, 0.6) is 11.5 Å². The molecular weight excluding hydrogens is 1330 g/mol. The molecule has 0 unspecified atom stereocenters. The number of aliphatic carboxylic acids is 2. The minimum atomic E-state index is -4.90. The smallest absolute Gasteiger partial charge is 0.418 e. The number of nitrogens with zero attached hydrogens (tertiary/aromatic N) is 2. The van der Waals surface area contributed by atoms with Crippen molar-refractivity contribution in [1.29, 1.82) is 0 Å². The molecule has 0 saturated heterocycles. The second kappa shape index (κ2) is 35.4. The number of carbonyl (C=O) groups excluding carboxylic acids is 4. The molecule has 0 atom stereocenters. The van der Waals surface area contributed by atoms with Crippen LogP contribution in [0.4, 0.5) is 37.7 Å². The fraction of sp³-hybridized carbons (Fsp3) is 0.286. The molecule has 5 aromatic carbocycles. The number of thioether (sulfide) groups is 2. The molecular formula is C56H52Br2F6N2O16S3. The highest BCUT2D eigenvalue weighted by atomic mass is 79.9. The van der Waals surface area contributed by atoms with E-state index in [1.165, 1.54) is 12.1 Å². The number of thiol groups is 1. The van der Waals surface area contributed by atoms with E-state index in [4.69, 9.17) is 48.1 Å². The number of carboxylic acids is 2. The Hall–Kier alpha value is -6.25. The van der Waals surface area contributed by atoms with Gasteiger partial charge in [0.15, 0.2) is 0 Å². The molecule has 0 radical (unpaired) electrons. The molecule has 29 heteroatoms. The summed E-state index contributed by atoms with van der Waals surface area (Å²) >= 11 is 11.9. The Bertz CT molecular complexity index is 3030. The van der Waals surface area contributed by atoms with Crippen molar-refractivity contribution in [3.63, 3.8) is 0 Å². The third-order valence-corrected chi connectivity index (χ3v) is 15.2. The number of imide groups is 2. The number of amides is 4. The monoisotopic (exact) mass is 1380 g/mol. The second-order valence-corrected chi connectivity index (χ2v) is 21.0. The fourth-order valence-electron chi connectivity index (χ4n) is 6.91. The van der Waals surface area contributed by atoms with Crippen molar-refractivity contribution in [2.24, 2.45) is 0 Å². The Morgan fingerprint density at radius 2 is 0.753 bits per heavy atom. The lowest BCUT2D eigenvalue weighted by atomic mass is 10.1. The van der Waals surface area contributed by atoms with Crippen molar-refractivity contribution < 1.29 is 103 Å². The first kappa shape index (κ1) is 69.5. The van der Waals surface area contributed by atoms with E-state index in [1.807, 2.05) is 30.3 Å². The normalized spacial score (nSPS) is 13.5. The second-order valence-electron chi connectivity index (χ2n) is 16.7. The van der Waals surface area contributed by atoms with Crippen LogP contribution in [0.3, 0.4) is 0 Å². The van der Waals surface area contributed by atoms with Crippen LogP contribution in [0.2, 0.25) is 0 Å². The lowest BCUT2D eigenvalue weighted by Crippen LogP contribution is -2.33. The first-order chi connectivity index (χ1) is 40.6. The highest BCUT2D eigenvalue weighted by molar-refractivity contribution is 9.14. The van der Waals surface area contributed by atoms with Crippen molar-refractivity contribution in [3.05, 3.63) is 157 Å². The molecule has 18 nitrogen and oxygen atoms in total. The summed E-state index contributed by atoms with van der Waals surface area (Å²) in [5, 5.41) is 16.9. The van der Waals surface area contributed by atoms with Gasteiger partial charge in [0.1, 0.15) is 46.9 Å². The van der Waals surface area contributed by atoms with Crippen LogP contribution >= 0.6 is 68.0 Å². The average molecular weight is 1380 g/mol. The topological polar surface area (TPSA) is 223 Å². The lowest BCUT2D eigenvalue weighted by molar-refractivity contribution is -0.143. The maximum absolute atomic E-state index is 14.3. The molecule has 0 bridgehead atoms. The summed E-state index contributed by atoms with van der Waals surface area (Å²) in [6, 6.07) is 33.3. The van der Waals surface area contributed by atoms with Crippen molar-refractivity contribution in [2.45, 2.75) is 27.0 Å². The summed E-state index contributed by atoms with van der Waals surface area (Å²) in [4.78, 5) is 75.7. The number of carbonyl (C=O) groups is 6. The largest absolute Gasteiger partial charge is 0.491 e. The van der Waals surface area contributed by atoms with Crippen LogP contribution in [-0.2, 0) is 69.5 Å². The van der Waals surface area contributed by atoms with Gasteiger partial charge in [0.05, 0.1) is 98.4 Å². The van der Waals surface area contributed by atoms with Crippen molar-refractivity contribution in [2.75, 3.05) is 102 Å². The first-order valence-electron chi connectivity index (χ1n) is 24.9. The number of carboxylic acid groups (broad SMARTS) is 2. The van der Waals surface area contributed by atoms with Crippen LogP contribution in [0.25, 0.3) is 0 Å². The van der Waals surface area contributed by atoms with E-state index in [1.54, 1.807) is 60.7 Å². The predicted molar refractivity (Wildman–Crippen MR) is 309 cm³/mol. The van der Waals surface area contributed by atoms with E-state index in [9.17, 15) is 55.1 Å². The van der Waals surface area contributed by atoms with Crippen LogP contribution in [-0.4, -0.2) is 138 Å². The molecule has 2 aliphatic heterocycles. The summed E-state index contributed by atoms with van der Waals surface area (Å²) in [5.41, 5.74) is -3.61. The zero-order valence-electron chi connectivity index (χ0n) is 44.3. The molecule has 0 saturated carbocycles. The minimum absolute atomic E-state index is 0.0300. The zero-order valence-corrected chi connectivity index (χ0v) is 50.0. The van der Waals surface area contributed by atoms with Crippen molar-refractivity contribution in [3.8, 4) is 11.5 Å². The maximum Gasteiger partial charge on any atom is 0.418 e. The van der Waals surface area contributed by atoms with E-state index in [0.717, 1.165) is 46.6 Å². The Morgan fingerprint density at radius 1 is 0.447 bits per heavy atom. The molecule has 456 valence electrons. The fourth-order valence-corrected chi connectivity index (χ4v) is 9.80. The molecule has 5 aromatic rings. The van der Waals surface area contributed by atoms with Gasteiger partial charge in [-0.1, -0.05) is 78.1 Å².